The number of benzene rings is 1. The fourth-order valence-electron chi connectivity index (χ4n) is 3.03. The molecule has 1 atom stereocenters. The van der Waals surface area contributed by atoms with Crippen molar-refractivity contribution in [1.82, 2.24) is 4.90 Å². The second kappa shape index (κ2) is 6.32. The molecular formula is C17H21NO6. The number of hydrogen-bond donors (Lipinski definition) is 1. The smallest absolute Gasteiger partial charge is 0.328 e. The Labute approximate surface area is 140 Å². The number of morpholine rings is 1. The van der Waals surface area contributed by atoms with E-state index < -0.39 is 12.0 Å². The molecule has 0 saturated carbocycles. The highest BCUT2D eigenvalue weighted by molar-refractivity contribution is 5.85. The quantitative estimate of drug-likeness (QED) is 0.887. The number of carboxylic acid groups (broad SMARTS) is 1. The van der Waals surface area contributed by atoms with E-state index >= 15 is 0 Å². The molecule has 0 bridgehead atoms. The summed E-state index contributed by atoms with van der Waals surface area (Å²) >= 11 is 0. The number of hydrogen-bond acceptors (Lipinski definition) is 5. The first kappa shape index (κ1) is 16.6. The summed E-state index contributed by atoms with van der Waals surface area (Å²) < 4.78 is 16.7. The molecule has 0 aliphatic carbocycles. The van der Waals surface area contributed by atoms with Crippen LogP contribution in [0.5, 0.6) is 11.5 Å². The number of nitrogens with zero attached hydrogens (tertiary/aromatic N) is 1. The standard InChI is InChI=1S/C17H21NO6/c1-17(2)8-11-4-3-5-13(15(11)24-17)23-10-14(19)18-6-7-22-9-12(18)16(20)21/h3-5,12H,6-10H2,1-2H3,(H,20,21)/t12-/m1/s1. The average Bonchev–Trinajstić information content (AvgIpc) is 2.86. The first-order valence-electron chi connectivity index (χ1n) is 7.91. The third kappa shape index (κ3) is 3.31. The second-order valence-electron chi connectivity index (χ2n) is 6.59. The van der Waals surface area contributed by atoms with Gasteiger partial charge in [0.1, 0.15) is 5.60 Å². The summed E-state index contributed by atoms with van der Waals surface area (Å²) in [5, 5.41) is 9.19. The molecule has 0 unspecified atom stereocenters. The molecule has 2 heterocycles. The van der Waals surface area contributed by atoms with E-state index in [1.807, 2.05) is 26.0 Å². The topological polar surface area (TPSA) is 85.3 Å². The van der Waals surface area contributed by atoms with Crippen LogP contribution in [-0.2, 0) is 20.7 Å². The second-order valence-corrected chi connectivity index (χ2v) is 6.59. The Morgan fingerprint density at radius 3 is 2.96 bits per heavy atom. The molecule has 1 fully saturated rings. The molecule has 1 saturated heterocycles. The number of carbonyl (C=O) groups is 2. The predicted octanol–water partition coefficient (Wildman–Crippen LogP) is 1.09. The van der Waals surface area contributed by atoms with Gasteiger partial charge in [-0.2, -0.15) is 0 Å². The maximum atomic E-state index is 12.4. The van der Waals surface area contributed by atoms with Crippen molar-refractivity contribution < 1.29 is 28.9 Å². The van der Waals surface area contributed by atoms with Gasteiger partial charge in [0.2, 0.25) is 0 Å². The van der Waals surface area contributed by atoms with E-state index in [0.29, 0.717) is 18.1 Å². The van der Waals surface area contributed by atoms with Crippen LogP contribution in [0.2, 0.25) is 0 Å². The molecule has 2 aliphatic heterocycles. The molecule has 3 rings (SSSR count). The fourth-order valence-corrected chi connectivity index (χ4v) is 3.03. The van der Waals surface area contributed by atoms with Gasteiger partial charge in [-0.3, -0.25) is 4.79 Å². The lowest BCUT2D eigenvalue weighted by molar-refractivity contribution is -0.159. The van der Waals surface area contributed by atoms with Crippen LogP contribution < -0.4 is 9.47 Å². The van der Waals surface area contributed by atoms with Gasteiger partial charge < -0.3 is 24.2 Å². The minimum Gasteiger partial charge on any atom is -0.483 e. The summed E-state index contributed by atoms with van der Waals surface area (Å²) in [5.74, 6) is -0.284. The summed E-state index contributed by atoms with van der Waals surface area (Å²) in [4.78, 5) is 24.9. The molecule has 1 aromatic rings. The number of fused-ring (bicyclic) bond motifs is 1. The van der Waals surface area contributed by atoms with Crippen molar-refractivity contribution in [1.29, 1.82) is 0 Å². The molecular weight excluding hydrogens is 314 g/mol. The number of aliphatic carboxylic acids is 1. The molecule has 1 aromatic carbocycles. The maximum absolute atomic E-state index is 12.4. The predicted molar refractivity (Wildman–Crippen MR) is 84.3 cm³/mol. The Morgan fingerprint density at radius 1 is 1.42 bits per heavy atom. The fraction of sp³-hybridized carbons (Fsp3) is 0.529. The lowest BCUT2D eigenvalue weighted by atomic mass is 10.0. The third-order valence-corrected chi connectivity index (χ3v) is 4.14. The van der Waals surface area contributed by atoms with Gasteiger partial charge >= 0.3 is 5.97 Å². The Kier molecular flexibility index (Phi) is 4.36. The summed E-state index contributed by atoms with van der Waals surface area (Å²) in [6.07, 6.45) is 0.776. The van der Waals surface area contributed by atoms with Gasteiger partial charge in [-0.15, -0.1) is 0 Å². The zero-order chi connectivity index (χ0) is 17.3. The van der Waals surface area contributed by atoms with Gasteiger partial charge in [0.05, 0.1) is 13.2 Å². The summed E-state index contributed by atoms with van der Waals surface area (Å²) in [6.45, 7) is 4.33. The first-order chi connectivity index (χ1) is 11.4. The van der Waals surface area contributed by atoms with Crippen molar-refractivity contribution >= 4 is 11.9 Å². The van der Waals surface area contributed by atoms with Gasteiger partial charge in [0.15, 0.2) is 24.1 Å². The molecule has 0 spiro atoms. The van der Waals surface area contributed by atoms with Crippen LogP contribution in [0.3, 0.4) is 0 Å². The molecule has 1 N–H and O–H groups in total. The van der Waals surface area contributed by atoms with E-state index in [1.54, 1.807) is 6.07 Å². The Morgan fingerprint density at radius 2 is 2.21 bits per heavy atom. The number of ether oxygens (including phenoxy) is 3. The van der Waals surface area contributed by atoms with Crippen LogP contribution >= 0.6 is 0 Å². The lowest BCUT2D eigenvalue weighted by Gasteiger charge is -2.32. The number of rotatable bonds is 4. The molecule has 24 heavy (non-hydrogen) atoms. The molecule has 0 radical (unpaired) electrons. The monoisotopic (exact) mass is 335 g/mol. The molecule has 130 valence electrons. The molecule has 7 nitrogen and oxygen atoms in total. The van der Waals surface area contributed by atoms with Gasteiger partial charge in [0, 0.05) is 18.5 Å². The normalized spacial score (nSPS) is 21.8. The Bertz CT molecular complexity index is 656. The number of carboxylic acids is 1. The van der Waals surface area contributed by atoms with E-state index in [0.717, 1.165) is 12.0 Å². The van der Waals surface area contributed by atoms with Crippen LogP contribution in [0.1, 0.15) is 19.4 Å². The first-order valence-corrected chi connectivity index (χ1v) is 7.91. The molecule has 7 heteroatoms. The van der Waals surface area contributed by atoms with Crippen LogP contribution in [0.4, 0.5) is 0 Å². The third-order valence-electron chi connectivity index (χ3n) is 4.14. The van der Waals surface area contributed by atoms with E-state index in [-0.39, 0.29) is 31.3 Å². The van der Waals surface area contributed by atoms with E-state index in [4.69, 9.17) is 14.2 Å². The van der Waals surface area contributed by atoms with Gasteiger partial charge in [-0.1, -0.05) is 12.1 Å². The lowest BCUT2D eigenvalue weighted by Crippen LogP contribution is -2.53. The Hall–Kier alpha value is -2.28. The highest BCUT2D eigenvalue weighted by Gasteiger charge is 2.34. The molecule has 1 amide bonds. The van der Waals surface area contributed by atoms with Gasteiger partial charge in [-0.05, 0) is 19.9 Å². The number of para-hydroxylation sites is 1. The van der Waals surface area contributed by atoms with E-state index in [9.17, 15) is 14.7 Å². The van der Waals surface area contributed by atoms with Crippen LogP contribution in [0.15, 0.2) is 18.2 Å². The van der Waals surface area contributed by atoms with E-state index in [2.05, 4.69) is 0 Å². The maximum Gasteiger partial charge on any atom is 0.328 e. The highest BCUT2D eigenvalue weighted by atomic mass is 16.5. The zero-order valence-corrected chi connectivity index (χ0v) is 13.8. The summed E-state index contributed by atoms with van der Waals surface area (Å²) in [7, 11) is 0. The summed E-state index contributed by atoms with van der Waals surface area (Å²) in [6, 6.07) is 4.62. The van der Waals surface area contributed by atoms with Crippen molar-refractivity contribution in [3.8, 4) is 11.5 Å². The minimum atomic E-state index is -1.08. The minimum absolute atomic E-state index is 0.000884. The summed E-state index contributed by atoms with van der Waals surface area (Å²) in [5.41, 5.74) is 0.740. The van der Waals surface area contributed by atoms with Crippen molar-refractivity contribution in [2.45, 2.75) is 31.9 Å². The Balaban J connectivity index is 1.67. The SMILES string of the molecule is CC1(C)Cc2cccc(OCC(=O)N3CCOC[C@@H]3C(=O)O)c2O1. The average molecular weight is 335 g/mol. The number of carbonyl (C=O) groups excluding carboxylic acids is 1. The van der Waals surface area contributed by atoms with Gasteiger partial charge in [0.25, 0.3) is 5.91 Å². The van der Waals surface area contributed by atoms with Crippen molar-refractivity contribution in [3.05, 3.63) is 23.8 Å². The van der Waals surface area contributed by atoms with Crippen molar-refractivity contribution in [3.63, 3.8) is 0 Å². The molecule has 0 aromatic heterocycles. The van der Waals surface area contributed by atoms with Crippen LogP contribution in [-0.4, -0.2) is 59.9 Å². The molecule has 2 aliphatic rings. The largest absolute Gasteiger partial charge is 0.483 e. The highest BCUT2D eigenvalue weighted by Crippen LogP contribution is 2.41. The van der Waals surface area contributed by atoms with Crippen LogP contribution in [0.25, 0.3) is 0 Å². The van der Waals surface area contributed by atoms with Crippen molar-refractivity contribution in [2.75, 3.05) is 26.4 Å². The van der Waals surface area contributed by atoms with Crippen LogP contribution in [0, 0.1) is 0 Å². The zero-order valence-electron chi connectivity index (χ0n) is 13.8. The van der Waals surface area contributed by atoms with Gasteiger partial charge in [-0.25, -0.2) is 4.79 Å². The van der Waals surface area contributed by atoms with E-state index in [1.165, 1.54) is 4.90 Å². The number of amides is 1. The van der Waals surface area contributed by atoms with Crippen molar-refractivity contribution in [2.24, 2.45) is 0 Å².